The number of benzene rings is 2. The summed E-state index contributed by atoms with van der Waals surface area (Å²) in [6.07, 6.45) is 3.79. The largest absolute Gasteiger partial charge is 0.497 e. The fourth-order valence-electron chi connectivity index (χ4n) is 3.23. The Kier molecular flexibility index (Phi) is 6.17. The molecule has 0 atom stereocenters. The SMILES string of the molecule is COc1ccc(-n2ccc(CNC(=O)CCc3ccc4c(c3)OCCCO4)n2)cc1. The third kappa shape index (κ3) is 4.92. The minimum atomic E-state index is -0.0129. The van der Waals surface area contributed by atoms with E-state index in [2.05, 4.69) is 10.4 Å². The lowest BCUT2D eigenvalue weighted by Crippen LogP contribution is -2.23. The Morgan fingerprint density at radius 1 is 1.10 bits per heavy atom. The number of carbonyl (C=O) groups is 1. The summed E-state index contributed by atoms with van der Waals surface area (Å²) >= 11 is 0. The normalized spacial score (nSPS) is 12.8. The van der Waals surface area contributed by atoms with Crippen molar-refractivity contribution >= 4 is 5.91 Å². The van der Waals surface area contributed by atoms with E-state index < -0.39 is 0 Å². The molecule has 1 aliphatic rings. The molecule has 0 saturated heterocycles. The van der Waals surface area contributed by atoms with Gasteiger partial charge in [0.05, 0.1) is 38.2 Å². The number of aryl methyl sites for hydroxylation is 1. The number of hydrogen-bond donors (Lipinski definition) is 1. The van der Waals surface area contributed by atoms with Gasteiger partial charge < -0.3 is 19.5 Å². The van der Waals surface area contributed by atoms with E-state index in [9.17, 15) is 4.79 Å². The topological polar surface area (TPSA) is 74.6 Å². The maximum absolute atomic E-state index is 12.3. The van der Waals surface area contributed by atoms with Gasteiger partial charge in [-0.2, -0.15) is 5.10 Å². The van der Waals surface area contributed by atoms with E-state index in [0.29, 0.717) is 32.6 Å². The minimum Gasteiger partial charge on any atom is -0.497 e. The van der Waals surface area contributed by atoms with Crippen LogP contribution in [0.15, 0.2) is 54.7 Å². The van der Waals surface area contributed by atoms with Crippen LogP contribution >= 0.6 is 0 Å². The molecule has 0 aliphatic carbocycles. The number of nitrogens with zero attached hydrogens (tertiary/aromatic N) is 2. The number of aromatic nitrogens is 2. The molecule has 0 fully saturated rings. The van der Waals surface area contributed by atoms with E-state index in [0.717, 1.165) is 40.6 Å². The molecule has 1 aliphatic heterocycles. The van der Waals surface area contributed by atoms with Crippen molar-refractivity contribution in [2.45, 2.75) is 25.8 Å². The van der Waals surface area contributed by atoms with Gasteiger partial charge in [0, 0.05) is 19.0 Å². The van der Waals surface area contributed by atoms with Crippen LogP contribution in [0.5, 0.6) is 17.2 Å². The van der Waals surface area contributed by atoms with Crippen molar-refractivity contribution in [3.05, 3.63) is 66.0 Å². The summed E-state index contributed by atoms with van der Waals surface area (Å²) < 4.78 is 18.3. The van der Waals surface area contributed by atoms with Crippen LogP contribution in [0.25, 0.3) is 5.69 Å². The summed E-state index contributed by atoms with van der Waals surface area (Å²) in [5.41, 5.74) is 2.79. The van der Waals surface area contributed by atoms with Gasteiger partial charge in [0.2, 0.25) is 5.91 Å². The second kappa shape index (κ2) is 9.35. The van der Waals surface area contributed by atoms with Gasteiger partial charge in [0.25, 0.3) is 0 Å². The Morgan fingerprint density at radius 3 is 2.70 bits per heavy atom. The number of methoxy groups -OCH3 is 1. The van der Waals surface area contributed by atoms with Crippen LogP contribution in [0, 0.1) is 0 Å². The smallest absolute Gasteiger partial charge is 0.220 e. The van der Waals surface area contributed by atoms with Crippen LogP contribution in [0.1, 0.15) is 24.1 Å². The first-order chi connectivity index (χ1) is 14.7. The predicted octanol–water partition coefficient (Wildman–Crippen LogP) is 3.29. The number of hydrogen-bond acceptors (Lipinski definition) is 5. The molecule has 1 amide bonds. The van der Waals surface area contributed by atoms with Crippen LogP contribution in [0.4, 0.5) is 0 Å². The fourth-order valence-corrected chi connectivity index (χ4v) is 3.23. The zero-order chi connectivity index (χ0) is 20.8. The number of ether oxygens (including phenoxy) is 3. The van der Waals surface area contributed by atoms with Gasteiger partial charge in [0.1, 0.15) is 5.75 Å². The number of carbonyl (C=O) groups excluding carboxylic acids is 1. The Labute approximate surface area is 175 Å². The third-order valence-electron chi connectivity index (χ3n) is 4.90. The maximum atomic E-state index is 12.3. The molecule has 156 valence electrons. The molecule has 0 radical (unpaired) electrons. The molecule has 7 nitrogen and oxygen atoms in total. The van der Waals surface area contributed by atoms with E-state index >= 15 is 0 Å². The van der Waals surface area contributed by atoms with Gasteiger partial charge in [-0.15, -0.1) is 0 Å². The van der Waals surface area contributed by atoms with Gasteiger partial charge in [-0.05, 0) is 54.4 Å². The molecule has 30 heavy (non-hydrogen) atoms. The summed E-state index contributed by atoms with van der Waals surface area (Å²) in [5, 5.41) is 7.45. The first kappa shape index (κ1) is 19.8. The van der Waals surface area contributed by atoms with Crippen LogP contribution in [0.3, 0.4) is 0 Å². The molecule has 0 saturated carbocycles. The Morgan fingerprint density at radius 2 is 1.90 bits per heavy atom. The van der Waals surface area contributed by atoms with Gasteiger partial charge in [-0.25, -0.2) is 4.68 Å². The lowest BCUT2D eigenvalue weighted by atomic mass is 10.1. The predicted molar refractivity (Wildman–Crippen MR) is 112 cm³/mol. The van der Waals surface area contributed by atoms with E-state index in [1.165, 1.54) is 0 Å². The molecule has 0 spiro atoms. The molecule has 2 aromatic carbocycles. The Hall–Kier alpha value is -3.48. The van der Waals surface area contributed by atoms with Crippen LogP contribution < -0.4 is 19.5 Å². The van der Waals surface area contributed by atoms with Crippen LogP contribution in [0.2, 0.25) is 0 Å². The molecule has 4 rings (SSSR count). The van der Waals surface area contributed by atoms with E-state index in [1.807, 2.05) is 54.7 Å². The van der Waals surface area contributed by atoms with E-state index in [1.54, 1.807) is 11.8 Å². The number of nitrogens with one attached hydrogen (secondary N) is 1. The fraction of sp³-hybridized carbons (Fsp3) is 0.304. The molecule has 2 heterocycles. The van der Waals surface area contributed by atoms with Crippen molar-refractivity contribution in [1.82, 2.24) is 15.1 Å². The van der Waals surface area contributed by atoms with Gasteiger partial charge in [-0.3, -0.25) is 4.79 Å². The Balaban J connectivity index is 1.27. The average Bonchev–Trinajstić information content (AvgIpc) is 3.13. The summed E-state index contributed by atoms with van der Waals surface area (Å²) in [4.78, 5) is 12.3. The van der Waals surface area contributed by atoms with Crippen molar-refractivity contribution in [2.75, 3.05) is 20.3 Å². The first-order valence-electron chi connectivity index (χ1n) is 10.1. The average molecular weight is 407 g/mol. The molecule has 1 aromatic heterocycles. The molecule has 0 unspecified atom stereocenters. The molecular formula is C23H25N3O4. The second-order valence-electron chi connectivity index (χ2n) is 7.06. The summed E-state index contributed by atoms with van der Waals surface area (Å²) in [5.74, 6) is 2.32. The standard InChI is InChI=1S/C23H25N3O4/c1-28-20-7-5-19(6-8-20)26-12-11-18(25-26)16-24-23(27)10-4-17-3-9-21-22(15-17)30-14-2-13-29-21/h3,5-9,11-12,15H,2,4,10,13-14,16H2,1H3,(H,24,27). The molecule has 0 bridgehead atoms. The maximum Gasteiger partial charge on any atom is 0.220 e. The molecular weight excluding hydrogens is 382 g/mol. The second-order valence-corrected chi connectivity index (χ2v) is 7.06. The van der Waals surface area contributed by atoms with Crippen LogP contribution in [-0.2, 0) is 17.8 Å². The quantitative estimate of drug-likeness (QED) is 0.651. The highest BCUT2D eigenvalue weighted by atomic mass is 16.5. The highest BCUT2D eigenvalue weighted by Gasteiger charge is 2.11. The van der Waals surface area contributed by atoms with E-state index in [-0.39, 0.29) is 5.91 Å². The monoisotopic (exact) mass is 407 g/mol. The number of rotatable bonds is 7. The Bertz CT molecular complexity index is 998. The minimum absolute atomic E-state index is 0.0129. The lowest BCUT2D eigenvalue weighted by molar-refractivity contribution is -0.121. The lowest BCUT2D eigenvalue weighted by Gasteiger charge is -2.09. The zero-order valence-corrected chi connectivity index (χ0v) is 17.0. The van der Waals surface area contributed by atoms with Gasteiger partial charge in [-0.1, -0.05) is 6.07 Å². The van der Waals surface area contributed by atoms with Crippen molar-refractivity contribution in [3.63, 3.8) is 0 Å². The zero-order valence-electron chi connectivity index (χ0n) is 17.0. The first-order valence-corrected chi connectivity index (χ1v) is 10.1. The summed E-state index contributed by atoms with van der Waals surface area (Å²) in [6.45, 7) is 1.71. The summed E-state index contributed by atoms with van der Waals surface area (Å²) in [6, 6.07) is 15.4. The third-order valence-corrected chi connectivity index (χ3v) is 4.90. The number of amides is 1. The van der Waals surface area contributed by atoms with E-state index in [4.69, 9.17) is 14.2 Å². The van der Waals surface area contributed by atoms with Crippen molar-refractivity contribution in [3.8, 4) is 22.9 Å². The molecule has 3 aromatic rings. The van der Waals surface area contributed by atoms with Crippen molar-refractivity contribution in [2.24, 2.45) is 0 Å². The van der Waals surface area contributed by atoms with Crippen molar-refractivity contribution < 1.29 is 19.0 Å². The molecule has 7 heteroatoms. The highest BCUT2D eigenvalue weighted by molar-refractivity contribution is 5.76. The van der Waals surface area contributed by atoms with Crippen LogP contribution in [-0.4, -0.2) is 36.0 Å². The van der Waals surface area contributed by atoms with Crippen molar-refractivity contribution in [1.29, 1.82) is 0 Å². The van der Waals surface area contributed by atoms with Gasteiger partial charge in [0.15, 0.2) is 11.5 Å². The van der Waals surface area contributed by atoms with Gasteiger partial charge >= 0.3 is 0 Å². The highest BCUT2D eigenvalue weighted by Crippen LogP contribution is 2.30. The molecule has 1 N–H and O–H groups in total. The summed E-state index contributed by atoms with van der Waals surface area (Å²) in [7, 11) is 1.64. The number of fused-ring (bicyclic) bond motifs is 1.